The molecule has 25 heavy (non-hydrogen) atoms. The van der Waals surface area contributed by atoms with Crippen LogP contribution in [-0.2, 0) is 6.54 Å². The Kier molecular flexibility index (Phi) is 4.11. The second-order valence-electron chi connectivity index (χ2n) is 8.26. The number of rotatable bonds is 4. The predicted octanol–water partition coefficient (Wildman–Crippen LogP) is 4.17. The van der Waals surface area contributed by atoms with Gasteiger partial charge in [-0.05, 0) is 46.9 Å². The largest absolute Gasteiger partial charge is 0.300 e. The summed E-state index contributed by atoms with van der Waals surface area (Å²) in [7, 11) is 0. The van der Waals surface area contributed by atoms with Gasteiger partial charge in [-0.15, -0.1) is 0 Å². The molecule has 2 aliphatic carbocycles. The summed E-state index contributed by atoms with van der Waals surface area (Å²) in [6.07, 6.45) is 7.84. The molecule has 1 heterocycles. The molecular weight excluding hydrogens is 304 g/mol. The van der Waals surface area contributed by atoms with Gasteiger partial charge in [0.1, 0.15) is 0 Å². The van der Waals surface area contributed by atoms with Gasteiger partial charge in [-0.25, -0.2) is 0 Å². The lowest BCUT2D eigenvalue weighted by atomic mass is 9.93. The normalized spacial score (nSPS) is 29.7. The molecule has 2 heteroatoms. The van der Waals surface area contributed by atoms with Crippen molar-refractivity contribution in [3.05, 3.63) is 60.2 Å². The number of piperazine rings is 1. The van der Waals surface area contributed by atoms with E-state index in [9.17, 15) is 0 Å². The first kappa shape index (κ1) is 15.6. The molecule has 0 amide bonds. The molecule has 0 N–H and O–H groups in total. The average molecular weight is 332 g/mol. The summed E-state index contributed by atoms with van der Waals surface area (Å²) in [5.74, 6) is 2.72. The molecular formula is C23H28N2. The summed E-state index contributed by atoms with van der Waals surface area (Å²) < 4.78 is 0. The summed E-state index contributed by atoms with van der Waals surface area (Å²) in [5.41, 5.74) is 1.48. The van der Waals surface area contributed by atoms with E-state index in [4.69, 9.17) is 0 Å². The van der Waals surface area contributed by atoms with Crippen LogP contribution in [-0.4, -0.2) is 42.5 Å². The minimum Gasteiger partial charge on any atom is -0.300 e. The van der Waals surface area contributed by atoms with E-state index in [0.717, 1.165) is 24.3 Å². The maximum absolute atomic E-state index is 2.72. The number of fused-ring (bicyclic) bond motifs is 3. The maximum Gasteiger partial charge on any atom is 0.0240 e. The van der Waals surface area contributed by atoms with Crippen LogP contribution in [0.2, 0.25) is 0 Å². The van der Waals surface area contributed by atoms with Gasteiger partial charge in [0, 0.05) is 39.3 Å². The van der Waals surface area contributed by atoms with Crippen molar-refractivity contribution in [1.29, 1.82) is 0 Å². The van der Waals surface area contributed by atoms with Crippen molar-refractivity contribution < 1.29 is 0 Å². The Labute approximate surface area is 151 Å². The fourth-order valence-corrected chi connectivity index (χ4v) is 5.24. The Balaban J connectivity index is 1.18. The van der Waals surface area contributed by atoms with Crippen molar-refractivity contribution in [1.82, 2.24) is 9.80 Å². The van der Waals surface area contributed by atoms with Crippen molar-refractivity contribution in [2.24, 2.45) is 17.8 Å². The lowest BCUT2D eigenvalue weighted by Crippen LogP contribution is -2.47. The standard InChI is InChI=1S/C23H28N2/c1-2-7-23-19(4-1)5-3-6-21(23)16-24-10-12-25(13-11-24)17-22-15-18-8-9-20(22)14-18/h1-9,18,20,22H,10-17H2/t18-,20-,22-/m0/s1. The summed E-state index contributed by atoms with van der Waals surface area (Å²) in [6, 6.07) is 15.5. The van der Waals surface area contributed by atoms with E-state index < -0.39 is 0 Å². The van der Waals surface area contributed by atoms with E-state index in [1.54, 1.807) is 0 Å². The van der Waals surface area contributed by atoms with Crippen LogP contribution in [0.1, 0.15) is 18.4 Å². The van der Waals surface area contributed by atoms with Crippen molar-refractivity contribution in [3.63, 3.8) is 0 Å². The summed E-state index contributed by atoms with van der Waals surface area (Å²) >= 11 is 0. The van der Waals surface area contributed by atoms with Gasteiger partial charge in [0.25, 0.3) is 0 Å². The quantitative estimate of drug-likeness (QED) is 0.775. The molecule has 3 atom stereocenters. The molecule has 3 aliphatic rings. The molecule has 0 radical (unpaired) electrons. The van der Waals surface area contributed by atoms with Crippen molar-refractivity contribution >= 4 is 10.8 Å². The average Bonchev–Trinajstić information content (AvgIpc) is 3.27. The first-order valence-electron chi connectivity index (χ1n) is 9.95. The third-order valence-electron chi connectivity index (χ3n) is 6.65. The first-order valence-corrected chi connectivity index (χ1v) is 9.95. The zero-order valence-electron chi connectivity index (χ0n) is 15.0. The molecule has 2 nitrogen and oxygen atoms in total. The smallest absolute Gasteiger partial charge is 0.0240 e. The highest BCUT2D eigenvalue weighted by Crippen LogP contribution is 2.43. The molecule has 5 rings (SSSR count). The van der Waals surface area contributed by atoms with Crippen LogP contribution in [0.3, 0.4) is 0 Å². The van der Waals surface area contributed by atoms with Crippen molar-refractivity contribution in [3.8, 4) is 0 Å². The van der Waals surface area contributed by atoms with Crippen LogP contribution in [0.5, 0.6) is 0 Å². The highest BCUT2D eigenvalue weighted by atomic mass is 15.3. The van der Waals surface area contributed by atoms with E-state index >= 15 is 0 Å². The van der Waals surface area contributed by atoms with Crippen LogP contribution >= 0.6 is 0 Å². The summed E-state index contributed by atoms with van der Waals surface area (Å²) in [4.78, 5) is 5.36. The molecule has 1 saturated carbocycles. The minimum atomic E-state index is 0.888. The molecule has 130 valence electrons. The van der Waals surface area contributed by atoms with Crippen LogP contribution in [0.25, 0.3) is 10.8 Å². The molecule has 1 aliphatic heterocycles. The van der Waals surface area contributed by atoms with Crippen LogP contribution < -0.4 is 0 Å². The lowest BCUT2D eigenvalue weighted by molar-refractivity contribution is 0.109. The summed E-state index contributed by atoms with van der Waals surface area (Å²) in [6.45, 7) is 7.31. The summed E-state index contributed by atoms with van der Waals surface area (Å²) in [5, 5.41) is 2.78. The number of hydrogen-bond donors (Lipinski definition) is 0. The Morgan fingerprint density at radius 1 is 0.800 bits per heavy atom. The van der Waals surface area contributed by atoms with Gasteiger partial charge in [0.2, 0.25) is 0 Å². The predicted molar refractivity (Wildman–Crippen MR) is 105 cm³/mol. The highest BCUT2D eigenvalue weighted by molar-refractivity contribution is 5.85. The van der Waals surface area contributed by atoms with Gasteiger partial charge in [-0.1, -0.05) is 54.6 Å². The SMILES string of the molecule is C1=C[C@H]2C[C@H]1C[C@H]2CN1CCN(Cc2cccc3ccccc23)CC1. The van der Waals surface area contributed by atoms with Gasteiger partial charge in [0.15, 0.2) is 0 Å². The molecule has 0 aromatic heterocycles. The van der Waals surface area contributed by atoms with E-state index in [1.807, 2.05) is 0 Å². The number of allylic oxidation sites excluding steroid dienone is 2. The van der Waals surface area contributed by atoms with Gasteiger partial charge in [-0.3, -0.25) is 4.90 Å². The van der Waals surface area contributed by atoms with E-state index in [-0.39, 0.29) is 0 Å². The molecule has 2 aromatic carbocycles. The Morgan fingerprint density at radius 2 is 1.60 bits per heavy atom. The second-order valence-corrected chi connectivity index (χ2v) is 8.26. The zero-order valence-corrected chi connectivity index (χ0v) is 15.0. The fraction of sp³-hybridized carbons (Fsp3) is 0.478. The van der Waals surface area contributed by atoms with Gasteiger partial charge in [0.05, 0.1) is 0 Å². The lowest BCUT2D eigenvalue weighted by Gasteiger charge is -2.37. The zero-order chi connectivity index (χ0) is 16.6. The molecule has 2 bridgehead atoms. The van der Waals surface area contributed by atoms with Gasteiger partial charge >= 0.3 is 0 Å². The topological polar surface area (TPSA) is 6.48 Å². The fourth-order valence-electron chi connectivity index (χ4n) is 5.24. The molecule has 2 fully saturated rings. The Hall–Kier alpha value is -1.64. The minimum absolute atomic E-state index is 0.888. The van der Waals surface area contributed by atoms with E-state index in [0.29, 0.717) is 0 Å². The van der Waals surface area contributed by atoms with E-state index in [2.05, 4.69) is 64.4 Å². The Bertz CT molecular complexity index is 767. The number of nitrogens with zero attached hydrogens (tertiary/aromatic N) is 2. The molecule has 2 aromatic rings. The number of benzene rings is 2. The van der Waals surface area contributed by atoms with Gasteiger partial charge < -0.3 is 4.90 Å². The monoisotopic (exact) mass is 332 g/mol. The second kappa shape index (κ2) is 6.59. The highest BCUT2D eigenvalue weighted by Gasteiger charge is 2.36. The van der Waals surface area contributed by atoms with Crippen LogP contribution in [0.4, 0.5) is 0 Å². The Morgan fingerprint density at radius 3 is 2.40 bits per heavy atom. The molecule has 0 spiro atoms. The molecule has 1 saturated heterocycles. The number of hydrogen-bond acceptors (Lipinski definition) is 2. The third kappa shape index (κ3) is 3.14. The van der Waals surface area contributed by atoms with Crippen LogP contribution in [0.15, 0.2) is 54.6 Å². The van der Waals surface area contributed by atoms with Crippen LogP contribution in [0, 0.1) is 17.8 Å². The molecule has 0 unspecified atom stereocenters. The van der Waals surface area contributed by atoms with Crippen molar-refractivity contribution in [2.75, 3.05) is 32.7 Å². The maximum atomic E-state index is 2.72. The van der Waals surface area contributed by atoms with Gasteiger partial charge in [-0.2, -0.15) is 0 Å². The van der Waals surface area contributed by atoms with Crippen molar-refractivity contribution in [2.45, 2.75) is 19.4 Å². The third-order valence-corrected chi connectivity index (χ3v) is 6.65. The first-order chi connectivity index (χ1) is 12.3. The van der Waals surface area contributed by atoms with E-state index in [1.165, 1.54) is 61.9 Å².